The number of anilines is 1. The van der Waals surface area contributed by atoms with E-state index in [2.05, 4.69) is 52.9 Å². The normalized spacial score (nSPS) is 12.8. The number of thiazole rings is 1. The SMILES string of the molecule is Cc1ccc(OCc2nc(CNc3ccc4c(c3)CCC4)cs2)cc1. The van der Waals surface area contributed by atoms with Gasteiger partial charge in [0.1, 0.15) is 17.4 Å². The fourth-order valence-electron chi connectivity index (χ4n) is 3.15. The minimum absolute atomic E-state index is 0.520. The molecule has 3 nitrogen and oxygen atoms in total. The van der Waals surface area contributed by atoms with Crippen molar-refractivity contribution in [3.05, 3.63) is 75.2 Å². The van der Waals surface area contributed by atoms with E-state index in [-0.39, 0.29) is 0 Å². The summed E-state index contributed by atoms with van der Waals surface area (Å²) in [5.74, 6) is 0.888. The maximum Gasteiger partial charge on any atom is 0.140 e. The lowest BCUT2D eigenvalue weighted by Crippen LogP contribution is -2.01. The largest absolute Gasteiger partial charge is 0.486 e. The van der Waals surface area contributed by atoms with Crippen LogP contribution in [0.4, 0.5) is 5.69 Å². The Hall–Kier alpha value is -2.33. The van der Waals surface area contributed by atoms with E-state index in [1.165, 1.54) is 41.6 Å². The van der Waals surface area contributed by atoms with Crippen LogP contribution in [0.1, 0.15) is 33.8 Å². The van der Waals surface area contributed by atoms with E-state index < -0.39 is 0 Å². The molecule has 0 aliphatic heterocycles. The van der Waals surface area contributed by atoms with E-state index in [0.717, 1.165) is 23.0 Å². The third kappa shape index (κ3) is 4.02. The van der Waals surface area contributed by atoms with Crippen LogP contribution in [0.5, 0.6) is 5.75 Å². The molecule has 0 radical (unpaired) electrons. The Balaban J connectivity index is 1.31. The molecule has 0 unspecified atom stereocenters. The lowest BCUT2D eigenvalue weighted by atomic mass is 10.1. The maximum atomic E-state index is 5.80. The summed E-state index contributed by atoms with van der Waals surface area (Å²) in [6, 6.07) is 14.8. The number of nitrogens with zero attached hydrogens (tertiary/aromatic N) is 1. The van der Waals surface area contributed by atoms with Crippen molar-refractivity contribution in [1.29, 1.82) is 0 Å². The van der Waals surface area contributed by atoms with Crippen molar-refractivity contribution in [1.82, 2.24) is 4.98 Å². The molecule has 0 amide bonds. The zero-order chi connectivity index (χ0) is 17.1. The summed E-state index contributed by atoms with van der Waals surface area (Å²) in [4.78, 5) is 4.66. The fraction of sp³-hybridized carbons (Fsp3) is 0.286. The van der Waals surface area contributed by atoms with Crippen LogP contribution in [0.15, 0.2) is 47.8 Å². The number of aryl methyl sites for hydroxylation is 3. The van der Waals surface area contributed by atoms with Crippen molar-refractivity contribution in [3.8, 4) is 5.75 Å². The van der Waals surface area contributed by atoms with Gasteiger partial charge < -0.3 is 10.1 Å². The van der Waals surface area contributed by atoms with Crippen LogP contribution in [-0.2, 0) is 26.0 Å². The third-order valence-corrected chi connectivity index (χ3v) is 5.43. The molecule has 0 atom stereocenters. The Morgan fingerprint density at radius 2 is 1.92 bits per heavy atom. The predicted molar refractivity (Wildman–Crippen MR) is 103 cm³/mol. The van der Waals surface area contributed by atoms with Crippen LogP contribution in [0.3, 0.4) is 0 Å². The Labute approximate surface area is 152 Å². The van der Waals surface area contributed by atoms with Crippen molar-refractivity contribution in [2.75, 3.05) is 5.32 Å². The Morgan fingerprint density at radius 1 is 1.08 bits per heavy atom. The van der Waals surface area contributed by atoms with Crippen LogP contribution in [0.2, 0.25) is 0 Å². The average molecular weight is 350 g/mol. The molecule has 0 bridgehead atoms. The summed E-state index contributed by atoms with van der Waals surface area (Å²) in [5, 5.41) is 6.60. The van der Waals surface area contributed by atoms with Crippen molar-refractivity contribution in [2.24, 2.45) is 0 Å². The van der Waals surface area contributed by atoms with Gasteiger partial charge in [0.15, 0.2) is 0 Å². The first-order valence-corrected chi connectivity index (χ1v) is 9.63. The van der Waals surface area contributed by atoms with Gasteiger partial charge >= 0.3 is 0 Å². The van der Waals surface area contributed by atoms with Crippen molar-refractivity contribution >= 4 is 17.0 Å². The zero-order valence-corrected chi connectivity index (χ0v) is 15.2. The summed E-state index contributed by atoms with van der Waals surface area (Å²) in [6.45, 7) is 3.34. The second-order valence-electron chi connectivity index (χ2n) is 6.52. The molecule has 1 N–H and O–H groups in total. The van der Waals surface area contributed by atoms with Gasteiger partial charge in [-0.05, 0) is 61.6 Å². The molecule has 1 aromatic heterocycles. The molecular weight excluding hydrogens is 328 g/mol. The molecule has 25 heavy (non-hydrogen) atoms. The van der Waals surface area contributed by atoms with Gasteiger partial charge in [-0.15, -0.1) is 11.3 Å². The minimum Gasteiger partial charge on any atom is -0.486 e. The number of hydrogen-bond acceptors (Lipinski definition) is 4. The molecule has 4 rings (SSSR count). The highest BCUT2D eigenvalue weighted by Crippen LogP contribution is 2.25. The van der Waals surface area contributed by atoms with E-state index in [1.807, 2.05) is 12.1 Å². The molecule has 0 fully saturated rings. The summed E-state index contributed by atoms with van der Waals surface area (Å²) < 4.78 is 5.80. The number of fused-ring (bicyclic) bond motifs is 1. The number of nitrogens with one attached hydrogen (secondary N) is 1. The molecular formula is C21H22N2OS. The highest BCUT2D eigenvalue weighted by atomic mass is 32.1. The van der Waals surface area contributed by atoms with E-state index in [0.29, 0.717) is 6.61 Å². The Morgan fingerprint density at radius 3 is 2.80 bits per heavy atom. The summed E-state index contributed by atoms with van der Waals surface area (Å²) >= 11 is 1.65. The van der Waals surface area contributed by atoms with Gasteiger partial charge in [0.05, 0.1) is 12.2 Å². The Bertz CT molecular complexity index is 855. The van der Waals surface area contributed by atoms with Gasteiger partial charge in [-0.25, -0.2) is 4.98 Å². The van der Waals surface area contributed by atoms with Crippen molar-refractivity contribution in [3.63, 3.8) is 0 Å². The average Bonchev–Trinajstić information content (AvgIpc) is 3.28. The van der Waals surface area contributed by atoms with Gasteiger partial charge in [-0.2, -0.15) is 0 Å². The molecule has 0 saturated carbocycles. The summed E-state index contributed by atoms with van der Waals surface area (Å²) in [6.07, 6.45) is 3.73. The second-order valence-corrected chi connectivity index (χ2v) is 7.47. The minimum atomic E-state index is 0.520. The molecule has 1 aliphatic carbocycles. The van der Waals surface area contributed by atoms with Crippen LogP contribution in [0, 0.1) is 6.92 Å². The first-order chi connectivity index (χ1) is 12.3. The summed E-state index contributed by atoms with van der Waals surface area (Å²) in [5.41, 5.74) is 6.49. The monoisotopic (exact) mass is 350 g/mol. The van der Waals surface area contributed by atoms with E-state index in [1.54, 1.807) is 11.3 Å². The highest BCUT2D eigenvalue weighted by molar-refractivity contribution is 7.09. The molecule has 0 saturated heterocycles. The molecule has 2 aromatic carbocycles. The lowest BCUT2D eigenvalue weighted by molar-refractivity contribution is 0.305. The van der Waals surface area contributed by atoms with Gasteiger partial charge in [0, 0.05) is 11.1 Å². The molecule has 4 heteroatoms. The number of ether oxygens (including phenoxy) is 1. The standard InChI is InChI=1S/C21H22N2OS/c1-15-5-9-20(10-6-15)24-13-21-23-19(14-25-21)12-22-18-8-7-16-3-2-4-17(16)11-18/h5-11,14,22H,2-4,12-13H2,1H3. The summed E-state index contributed by atoms with van der Waals surface area (Å²) in [7, 11) is 0. The van der Waals surface area contributed by atoms with Gasteiger partial charge in [-0.1, -0.05) is 23.8 Å². The van der Waals surface area contributed by atoms with Crippen LogP contribution >= 0.6 is 11.3 Å². The zero-order valence-electron chi connectivity index (χ0n) is 14.4. The lowest BCUT2D eigenvalue weighted by Gasteiger charge is -2.07. The van der Waals surface area contributed by atoms with Gasteiger partial charge in [-0.3, -0.25) is 0 Å². The topological polar surface area (TPSA) is 34.1 Å². The van der Waals surface area contributed by atoms with Crippen LogP contribution < -0.4 is 10.1 Å². The molecule has 128 valence electrons. The number of aromatic nitrogens is 1. The van der Waals surface area contributed by atoms with Gasteiger partial charge in [0.2, 0.25) is 0 Å². The fourth-order valence-corrected chi connectivity index (χ4v) is 3.86. The highest BCUT2D eigenvalue weighted by Gasteiger charge is 2.11. The second kappa shape index (κ2) is 7.28. The van der Waals surface area contributed by atoms with Crippen molar-refractivity contribution < 1.29 is 4.74 Å². The first kappa shape index (κ1) is 16.2. The number of benzene rings is 2. The van der Waals surface area contributed by atoms with E-state index in [4.69, 9.17) is 4.74 Å². The molecule has 0 spiro atoms. The van der Waals surface area contributed by atoms with Crippen molar-refractivity contribution in [2.45, 2.75) is 39.3 Å². The maximum absolute atomic E-state index is 5.80. The van der Waals surface area contributed by atoms with Gasteiger partial charge in [0.25, 0.3) is 0 Å². The predicted octanol–water partition coefficient (Wildman–Crippen LogP) is 5.13. The molecule has 1 heterocycles. The Kier molecular flexibility index (Phi) is 4.70. The number of rotatable bonds is 6. The van der Waals surface area contributed by atoms with E-state index in [9.17, 15) is 0 Å². The quantitative estimate of drug-likeness (QED) is 0.669. The third-order valence-electron chi connectivity index (χ3n) is 4.55. The first-order valence-electron chi connectivity index (χ1n) is 8.75. The van der Waals surface area contributed by atoms with E-state index >= 15 is 0 Å². The molecule has 3 aromatic rings. The smallest absolute Gasteiger partial charge is 0.140 e. The van der Waals surface area contributed by atoms with Crippen LogP contribution in [-0.4, -0.2) is 4.98 Å². The number of hydrogen-bond donors (Lipinski definition) is 1. The van der Waals surface area contributed by atoms with Crippen LogP contribution in [0.25, 0.3) is 0 Å². The molecule has 1 aliphatic rings.